The molecule has 6 heteroatoms. The molecule has 94 valence electrons. The van der Waals surface area contributed by atoms with Gasteiger partial charge in [0.05, 0.1) is 10.2 Å². The van der Waals surface area contributed by atoms with E-state index in [1.807, 2.05) is 18.2 Å². The molecule has 3 rings (SSSR count). The van der Waals surface area contributed by atoms with E-state index in [-0.39, 0.29) is 6.10 Å². The Labute approximate surface area is 108 Å². The molecule has 1 aromatic heterocycles. The van der Waals surface area contributed by atoms with Crippen molar-refractivity contribution < 1.29 is 9.53 Å². The van der Waals surface area contributed by atoms with Crippen LogP contribution in [0.15, 0.2) is 24.3 Å². The van der Waals surface area contributed by atoms with Crippen molar-refractivity contribution in [2.75, 3.05) is 5.32 Å². The molecule has 0 radical (unpaired) electrons. The molecule has 1 aliphatic rings. The molecule has 1 fully saturated rings. The van der Waals surface area contributed by atoms with Crippen molar-refractivity contribution in [3.05, 3.63) is 24.3 Å². The molecule has 1 aliphatic carbocycles. The van der Waals surface area contributed by atoms with Crippen molar-refractivity contribution in [2.24, 2.45) is 5.73 Å². The van der Waals surface area contributed by atoms with Gasteiger partial charge in [-0.3, -0.25) is 0 Å². The van der Waals surface area contributed by atoms with Crippen LogP contribution in [-0.4, -0.2) is 23.2 Å². The largest absolute Gasteiger partial charge is 0.446 e. The maximum atomic E-state index is 10.6. The van der Waals surface area contributed by atoms with Crippen LogP contribution in [0.2, 0.25) is 0 Å². The van der Waals surface area contributed by atoms with Crippen LogP contribution in [0.1, 0.15) is 12.8 Å². The van der Waals surface area contributed by atoms with Gasteiger partial charge in [0.15, 0.2) is 5.13 Å². The Kier molecular flexibility index (Phi) is 2.79. The van der Waals surface area contributed by atoms with E-state index >= 15 is 0 Å². The van der Waals surface area contributed by atoms with Crippen molar-refractivity contribution >= 4 is 32.8 Å². The molecular formula is C12H13N3O2S. The molecule has 1 saturated carbocycles. The molecule has 0 atom stereocenters. The summed E-state index contributed by atoms with van der Waals surface area (Å²) in [7, 11) is 0. The predicted octanol–water partition coefficient (Wildman–Crippen LogP) is 2.33. The lowest BCUT2D eigenvalue weighted by Crippen LogP contribution is -2.42. The Morgan fingerprint density at radius 3 is 2.94 bits per heavy atom. The monoisotopic (exact) mass is 263 g/mol. The van der Waals surface area contributed by atoms with Crippen LogP contribution in [-0.2, 0) is 4.74 Å². The van der Waals surface area contributed by atoms with Crippen LogP contribution in [0.3, 0.4) is 0 Å². The fraction of sp³-hybridized carbons (Fsp3) is 0.333. The van der Waals surface area contributed by atoms with E-state index in [4.69, 9.17) is 10.5 Å². The smallest absolute Gasteiger partial charge is 0.404 e. The van der Waals surface area contributed by atoms with E-state index in [0.29, 0.717) is 6.04 Å². The number of carbonyl (C=O) groups is 1. The first-order valence-corrected chi connectivity index (χ1v) is 6.60. The number of benzene rings is 1. The fourth-order valence-electron chi connectivity index (χ4n) is 2.05. The summed E-state index contributed by atoms with van der Waals surface area (Å²) in [5.74, 6) is 0. The van der Waals surface area contributed by atoms with Crippen molar-refractivity contribution in [1.82, 2.24) is 4.98 Å². The maximum Gasteiger partial charge on any atom is 0.404 e. The lowest BCUT2D eigenvalue weighted by atomic mass is 9.89. The van der Waals surface area contributed by atoms with Gasteiger partial charge in [0, 0.05) is 18.9 Å². The molecular weight excluding hydrogens is 250 g/mol. The summed E-state index contributed by atoms with van der Waals surface area (Å²) in [6.07, 6.45) is 0.838. The second-order valence-electron chi connectivity index (χ2n) is 4.36. The topological polar surface area (TPSA) is 77.2 Å². The van der Waals surface area contributed by atoms with E-state index in [1.165, 1.54) is 4.70 Å². The quantitative estimate of drug-likeness (QED) is 0.891. The first kappa shape index (κ1) is 11.3. The summed E-state index contributed by atoms with van der Waals surface area (Å²) in [5, 5.41) is 4.26. The second kappa shape index (κ2) is 4.45. The van der Waals surface area contributed by atoms with Gasteiger partial charge in [0.1, 0.15) is 6.10 Å². The number of rotatable bonds is 3. The van der Waals surface area contributed by atoms with Gasteiger partial charge < -0.3 is 15.8 Å². The van der Waals surface area contributed by atoms with Crippen molar-refractivity contribution in [3.8, 4) is 0 Å². The van der Waals surface area contributed by atoms with Gasteiger partial charge in [-0.2, -0.15) is 0 Å². The summed E-state index contributed by atoms with van der Waals surface area (Å²) in [5.41, 5.74) is 5.97. The van der Waals surface area contributed by atoms with E-state index < -0.39 is 6.09 Å². The van der Waals surface area contributed by atoms with Crippen molar-refractivity contribution in [3.63, 3.8) is 0 Å². The van der Waals surface area contributed by atoms with Crippen LogP contribution in [0.5, 0.6) is 0 Å². The predicted molar refractivity (Wildman–Crippen MR) is 70.7 cm³/mol. The molecule has 2 aromatic rings. The molecule has 0 saturated heterocycles. The number of thiazole rings is 1. The van der Waals surface area contributed by atoms with E-state index in [1.54, 1.807) is 11.3 Å². The number of anilines is 1. The molecule has 0 aliphatic heterocycles. The van der Waals surface area contributed by atoms with Gasteiger partial charge >= 0.3 is 6.09 Å². The van der Waals surface area contributed by atoms with Crippen molar-refractivity contribution in [2.45, 2.75) is 25.0 Å². The average molecular weight is 263 g/mol. The van der Waals surface area contributed by atoms with Crippen LogP contribution in [0.25, 0.3) is 10.2 Å². The summed E-state index contributed by atoms with van der Waals surface area (Å²) in [4.78, 5) is 15.0. The minimum atomic E-state index is -0.696. The Morgan fingerprint density at radius 1 is 1.44 bits per heavy atom. The Bertz CT molecular complexity index is 544. The van der Waals surface area contributed by atoms with Gasteiger partial charge in [-0.1, -0.05) is 23.5 Å². The first-order valence-electron chi connectivity index (χ1n) is 5.79. The number of nitrogens with one attached hydrogen (secondary N) is 1. The van der Waals surface area contributed by atoms with Gasteiger partial charge in [-0.15, -0.1) is 0 Å². The summed E-state index contributed by atoms with van der Waals surface area (Å²) >= 11 is 1.64. The number of ether oxygens (including phenoxy) is 1. The highest BCUT2D eigenvalue weighted by Gasteiger charge is 2.32. The normalized spacial score (nSPS) is 22.4. The highest BCUT2D eigenvalue weighted by Crippen LogP contribution is 2.31. The zero-order valence-electron chi connectivity index (χ0n) is 9.63. The molecule has 0 bridgehead atoms. The van der Waals surface area contributed by atoms with Crippen LogP contribution < -0.4 is 11.1 Å². The Hall–Kier alpha value is -1.82. The van der Waals surface area contributed by atoms with Gasteiger partial charge in [0.2, 0.25) is 0 Å². The first-order chi connectivity index (χ1) is 8.70. The van der Waals surface area contributed by atoms with Gasteiger partial charge in [0.25, 0.3) is 0 Å². The number of nitrogens with zero attached hydrogens (tertiary/aromatic N) is 1. The molecule has 1 heterocycles. The number of nitrogens with two attached hydrogens (primary N) is 1. The lowest BCUT2D eigenvalue weighted by molar-refractivity contribution is 0.0518. The number of fused-ring (bicyclic) bond motifs is 1. The highest BCUT2D eigenvalue weighted by molar-refractivity contribution is 7.22. The Balaban J connectivity index is 1.59. The fourth-order valence-corrected chi connectivity index (χ4v) is 3.00. The number of hydrogen-bond acceptors (Lipinski definition) is 5. The van der Waals surface area contributed by atoms with E-state index in [2.05, 4.69) is 16.4 Å². The molecule has 0 spiro atoms. The number of amides is 1. The minimum Gasteiger partial charge on any atom is -0.446 e. The third-order valence-corrected chi connectivity index (χ3v) is 3.97. The summed E-state index contributed by atoms with van der Waals surface area (Å²) in [6, 6.07) is 8.35. The third-order valence-electron chi connectivity index (χ3n) is 3.00. The average Bonchev–Trinajstić information content (AvgIpc) is 2.67. The molecule has 18 heavy (non-hydrogen) atoms. The summed E-state index contributed by atoms with van der Waals surface area (Å²) in [6.45, 7) is 0. The van der Waals surface area contributed by atoms with Crippen LogP contribution in [0.4, 0.5) is 9.93 Å². The highest BCUT2D eigenvalue weighted by atomic mass is 32.1. The van der Waals surface area contributed by atoms with Gasteiger partial charge in [-0.05, 0) is 12.1 Å². The second-order valence-corrected chi connectivity index (χ2v) is 5.39. The zero-order valence-corrected chi connectivity index (χ0v) is 10.4. The van der Waals surface area contributed by atoms with Crippen LogP contribution in [0, 0.1) is 0 Å². The molecule has 3 N–H and O–H groups in total. The molecule has 1 aromatic carbocycles. The Morgan fingerprint density at radius 2 is 2.22 bits per heavy atom. The summed E-state index contributed by atoms with van der Waals surface area (Å²) < 4.78 is 6.07. The SMILES string of the molecule is NC(=O)OC1CC(Nc2nc3ccccc3s2)C1. The maximum absolute atomic E-state index is 10.6. The molecule has 1 amide bonds. The number of primary amides is 1. The van der Waals surface area contributed by atoms with Crippen LogP contribution >= 0.6 is 11.3 Å². The van der Waals surface area contributed by atoms with E-state index in [0.717, 1.165) is 23.5 Å². The standard InChI is InChI=1S/C12H13N3O2S/c13-11(16)17-8-5-7(6-8)14-12-15-9-3-1-2-4-10(9)18-12/h1-4,7-8H,5-6H2,(H2,13,16)(H,14,15). The molecule has 0 unspecified atom stereocenters. The number of aromatic nitrogens is 1. The molecule has 5 nitrogen and oxygen atoms in total. The lowest BCUT2D eigenvalue weighted by Gasteiger charge is -2.34. The zero-order chi connectivity index (χ0) is 12.5. The minimum absolute atomic E-state index is 0.0469. The number of para-hydroxylation sites is 1. The number of carbonyl (C=O) groups excluding carboxylic acids is 1. The van der Waals surface area contributed by atoms with Gasteiger partial charge in [-0.25, -0.2) is 9.78 Å². The number of hydrogen-bond donors (Lipinski definition) is 2. The van der Waals surface area contributed by atoms with Crippen molar-refractivity contribution in [1.29, 1.82) is 0 Å². The van der Waals surface area contributed by atoms with E-state index in [9.17, 15) is 4.79 Å². The third kappa shape index (κ3) is 2.24.